The highest BCUT2D eigenvalue weighted by molar-refractivity contribution is 7.99. The van der Waals surface area contributed by atoms with E-state index in [2.05, 4.69) is 5.32 Å². The van der Waals surface area contributed by atoms with E-state index in [1.165, 1.54) is 24.3 Å². The lowest BCUT2D eigenvalue weighted by Crippen LogP contribution is -2.45. The van der Waals surface area contributed by atoms with Crippen LogP contribution in [0.1, 0.15) is 38.5 Å². The molecule has 3 rings (SSSR count). The Bertz CT molecular complexity index is 319. The zero-order valence-electron chi connectivity index (χ0n) is 11.7. The number of ether oxygens (including phenoxy) is 1. The SMILES string of the molecule is O=C(CNCC1CC1)C1CCOC2(CCSCC2)C1. The number of hydrogen-bond acceptors (Lipinski definition) is 4. The molecule has 3 fully saturated rings. The Labute approximate surface area is 120 Å². The minimum absolute atomic E-state index is 0.0420. The van der Waals surface area contributed by atoms with Crippen molar-refractivity contribution in [2.75, 3.05) is 31.2 Å². The first kappa shape index (κ1) is 13.9. The summed E-state index contributed by atoms with van der Waals surface area (Å²) in [5.74, 6) is 3.90. The van der Waals surface area contributed by atoms with Gasteiger partial charge in [-0.1, -0.05) is 0 Å². The quantitative estimate of drug-likeness (QED) is 0.840. The van der Waals surface area contributed by atoms with E-state index in [0.717, 1.165) is 44.8 Å². The summed E-state index contributed by atoms with van der Waals surface area (Å²) in [5.41, 5.74) is 0.0420. The lowest BCUT2D eigenvalue weighted by molar-refractivity contribution is -0.137. The van der Waals surface area contributed by atoms with Crippen molar-refractivity contribution >= 4 is 17.5 Å². The topological polar surface area (TPSA) is 38.3 Å². The van der Waals surface area contributed by atoms with E-state index in [-0.39, 0.29) is 11.5 Å². The molecule has 0 aromatic heterocycles. The van der Waals surface area contributed by atoms with Gasteiger partial charge < -0.3 is 10.1 Å². The van der Waals surface area contributed by atoms with Gasteiger partial charge in [0.15, 0.2) is 0 Å². The molecule has 108 valence electrons. The van der Waals surface area contributed by atoms with Crippen LogP contribution in [0.4, 0.5) is 0 Å². The minimum atomic E-state index is 0.0420. The molecule has 2 heterocycles. The first-order valence-corrected chi connectivity index (χ1v) is 8.88. The van der Waals surface area contributed by atoms with Crippen molar-refractivity contribution < 1.29 is 9.53 Å². The molecule has 1 atom stereocenters. The van der Waals surface area contributed by atoms with E-state index in [0.29, 0.717) is 12.3 Å². The van der Waals surface area contributed by atoms with Crippen LogP contribution in [0.2, 0.25) is 0 Å². The van der Waals surface area contributed by atoms with Crippen molar-refractivity contribution in [2.24, 2.45) is 11.8 Å². The van der Waals surface area contributed by atoms with Crippen molar-refractivity contribution in [1.82, 2.24) is 5.32 Å². The molecular weight excluding hydrogens is 258 g/mol. The van der Waals surface area contributed by atoms with Gasteiger partial charge in [-0.25, -0.2) is 0 Å². The fourth-order valence-corrected chi connectivity index (χ4v) is 4.50. The van der Waals surface area contributed by atoms with Gasteiger partial charge >= 0.3 is 0 Å². The van der Waals surface area contributed by atoms with Gasteiger partial charge in [-0.2, -0.15) is 11.8 Å². The summed E-state index contributed by atoms with van der Waals surface area (Å²) in [7, 11) is 0. The highest BCUT2D eigenvalue weighted by atomic mass is 32.2. The molecule has 4 heteroatoms. The highest BCUT2D eigenvalue weighted by Crippen LogP contribution is 2.39. The van der Waals surface area contributed by atoms with Crippen LogP contribution in [0, 0.1) is 11.8 Å². The maximum Gasteiger partial charge on any atom is 0.149 e. The largest absolute Gasteiger partial charge is 0.375 e. The molecule has 3 nitrogen and oxygen atoms in total. The molecule has 19 heavy (non-hydrogen) atoms. The van der Waals surface area contributed by atoms with Crippen molar-refractivity contribution in [3.05, 3.63) is 0 Å². The van der Waals surface area contributed by atoms with E-state index < -0.39 is 0 Å². The summed E-state index contributed by atoms with van der Waals surface area (Å²) in [6, 6.07) is 0. The van der Waals surface area contributed by atoms with E-state index in [1.54, 1.807) is 0 Å². The van der Waals surface area contributed by atoms with Crippen LogP contribution in [0.3, 0.4) is 0 Å². The number of ketones is 1. The van der Waals surface area contributed by atoms with Gasteiger partial charge in [0.05, 0.1) is 12.1 Å². The van der Waals surface area contributed by atoms with Crippen LogP contribution in [-0.4, -0.2) is 42.6 Å². The van der Waals surface area contributed by atoms with E-state index in [4.69, 9.17) is 4.74 Å². The zero-order valence-corrected chi connectivity index (χ0v) is 12.5. The molecule has 1 unspecified atom stereocenters. The summed E-state index contributed by atoms with van der Waals surface area (Å²) in [6.07, 6.45) is 6.86. The number of carbonyl (C=O) groups excluding carboxylic acids is 1. The normalized spacial score (nSPS) is 30.4. The molecule has 0 aromatic rings. The maximum absolute atomic E-state index is 12.3. The lowest BCUT2D eigenvalue weighted by atomic mass is 9.80. The lowest BCUT2D eigenvalue weighted by Gasteiger charge is -2.43. The molecule has 1 N–H and O–H groups in total. The van der Waals surface area contributed by atoms with Crippen molar-refractivity contribution in [3.8, 4) is 0 Å². The summed E-state index contributed by atoms with van der Waals surface area (Å²) in [5, 5.41) is 3.34. The second-order valence-corrected chi connectivity index (χ2v) is 7.60. The molecule has 2 aliphatic heterocycles. The van der Waals surface area contributed by atoms with Gasteiger partial charge in [0.1, 0.15) is 5.78 Å². The van der Waals surface area contributed by atoms with Gasteiger partial charge in [0, 0.05) is 12.5 Å². The number of carbonyl (C=O) groups is 1. The molecule has 1 saturated carbocycles. The van der Waals surface area contributed by atoms with Crippen LogP contribution < -0.4 is 5.32 Å². The Morgan fingerprint density at radius 3 is 2.79 bits per heavy atom. The summed E-state index contributed by atoms with van der Waals surface area (Å²) >= 11 is 2.02. The summed E-state index contributed by atoms with van der Waals surface area (Å²) < 4.78 is 6.05. The average molecular weight is 283 g/mol. The van der Waals surface area contributed by atoms with Crippen LogP contribution in [0.25, 0.3) is 0 Å². The van der Waals surface area contributed by atoms with Gasteiger partial charge in [0.25, 0.3) is 0 Å². The smallest absolute Gasteiger partial charge is 0.149 e. The fraction of sp³-hybridized carbons (Fsp3) is 0.933. The molecule has 2 saturated heterocycles. The Morgan fingerprint density at radius 1 is 1.26 bits per heavy atom. The molecule has 0 radical (unpaired) electrons. The van der Waals surface area contributed by atoms with E-state index in [1.807, 2.05) is 11.8 Å². The molecular formula is C15H25NO2S. The number of hydrogen-bond donors (Lipinski definition) is 1. The van der Waals surface area contributed by atoms with E-state index >= 15 is 0 Å². The monoisotopic (exact) mass is 283 g/mol. The minimum Gasteiger partial charge on any atom is -0.375 e. The first-order chi connectivity index (χ1) is 9.27. The first-order valence-electron chi connectivity index (χ1n) is 7.73. The Hall–Kier alpha value is -0.0600. The standard InChI is InChI=1S/C15H25NO2S/c17-14(11-16-10-12-1-2-12)13-3-6-18-15(9-13)4-7-19-8-5-15/h12-13,16H,1-11H2. The summed E-state index contributed by atoms with van der Waals surface area (Å²) in [4.78, 5) is 12.3. The molecule has 1 aliphatic carbocycles. The van der Waals surface area contributed by atoms with Crippen LogP contribution >= 0.6 is 11.8 Å². The number of rotatable bonds is 5. The third kappa shape index (κ3) is 3.73. The number of nitrogens with one attached hydrogen (secondary N) is 1. The third-order valence-corrected chi connectivity index (χ3v) is 5.77. The Morgan fingerprint density at radius 2 is 2.05 bits per heavy atom. The van der Waals surface area contributed by atoms with Crippen molar-refractivity contribution in [2.45, 2.75) is 44.1 Å². The molecule has 1 spiro atoms. The second kappa shape index (κ2) is 6.15. The van der Waals surface area contributed by atoms with E-state index in [9.17, 15) is 4.79 Å². The average Bonchev–Trinajstić information content (AvgIpc) is 3.24. The van der Waals surface area contributed by atoms with Gasteiger partial charge in [-0.3, -0.25) is 4.79 Å². The summed E-state index contributed by atoms with van der Waals surface area (Å²) in [6.45, 7) is 2.40. The predicted octanol–water partition coefficient (Wildman–Crippen LogP) is 2.25. The van der Waals surface area contributed by atoms with Crippen molar-refractivity contribution in [3.63, 3.8) is 0 Å². The van der Waals surface area contributed by atoms with Gasteiger partial charge in [-0.05, 0) is 62.5 Å². The van der Waals surface area contributed by atoms with Crippen molar-refractivity contribution in [1.29, 1.82) is 0 Å². The van der Waals surface area contributed by atoms with Gasteiger partial charge in [-0.15, -0.1) is 0 Å². The molecule has 3 aliphatic rings. The zero-order chi connectivity index (χ0) is 13.1. The number of Topliss-reactive ketones (excluding diaryl/α,β-unsaturated/α-hetero) is 1. The highest BCUT2D eigenvalue weighted by Gasteiger charge is 2.40. The predicted molar refractivity (Wildman–Crippen MR) is 78.6 cm³/mol. The second-order valence-electron chi connectivity index (χ2n) is 6.37. The molecule has 0 bridgehead atoms. The fourth-order valence-electron chi connectivity index (χ4n) is 3.26. The maximum atomic E-state index is 12.3. The third-order valence-electron chi connectivity index (χ3n) is 4.78. The molecule has 0 aromatic carbocycles. The number of thioether (sulfide) groups is 1. The Kier molecular flexibility index (Phi) is 4.50. The van der Waals surface area contributed by atoms with Crippen LogP contribution in [0.5, 0.6) is 0 Å². The van der Waals surface area contributed by atoms with Crippen LogP contribution in [-0.2, 0) is 9.53 Å². The Balaban J connectivity index is 1.47. The van der Waals surface area contributed by atoms with Gasteiger partial charge in [0.2, 0.25) is 0 Å². The molecule has 0 amide bonds. The van der Waals surface area contributed by atoms with Crippen LogP contribution in [0.15, 0.2) is 0 Å².